The average molecular weight is 278 g/mol. The first-order valence-corrected chi connectivity index (χ1v) is 7.47. The van der Waals surface area contributed by atoms with E-state index < -0.39 is 0 Å². The molecule has 19 heavy (non-hydrogen) atoms. The number of rotatable bonds is 4. The molecule has 2 rings (SSSR count). The van der Waals surface area contributed by atoms with E-state index in [4.69, 9.17) is 0 Å². The van der Waals surface area contributed by atoms with Crippen molar-refractivity contribution in [1.82, 2.24) is 5.32 Å². The van der Waals surface area contributed by atoms with Crippen LogP contribution in [-0.2, 0) is 12.8 Å². The number of para-hydroxylation sites is 1. The van der Waals surface area contributed by atoms with Crippen LogP contribution >= 0.6 is 12.8 Å². The van der Waals surface area contributed by atoms with Gasteiger partial charge in [-0.1, -0.05) is 44.9 Å². The van der Waals surface area contributed by atoms with Crippen molar-refractivity contribution in [3.05, 3.63) is 29.3 Å². The predicted octanol–water partition coefficient (Wildman–Crippen LogP) is 3.72. The van der Waals surface area contributed by atoms with Crippen molar-refractivity contribution in [2.45, 2.75) is 52.0 Å². The Morgan fingerprint density at radius 3 is 2.32 bits per heavy atom. The molecule has 0 radical (unpaired) electrons. The van der Waals surface area contributed by atoms with Gasteiger partial charge in [-0.15, -0.1) is 0 Å². The van der Waals surface area contributed by atoms with E-state index >= 15 is 0 Å². The summed E-state index contributed by atoms with van der Waals surface area (Å²) in [5, 5.41) is 3.03. The zero-order valence-electron chi connectivity index (χ0n) is 11.6. The molecular weight excluding hydrogens is 256 g/mol. The number of nitrogens with one attached hydrogen (secondary N) is 1. The van der Waals surface area contributed by atoms with E-state index in [-0.39, 0.29) is 6.03 Å². The molecule has 1 saturated carbocycles. The molecule has 0 bridgehead atoms. The number of anilines is 1. The second kappa shape index (κ2) is 6.33. The van der Waals surface area contributed by atoms with E-state index in [1.807, 2.05) is 6.07 Å². The molecule has 104 valence electrons. The van der Waals surface area contributed by atoms with Gasteiger partial charge in [0.05, 0.1) is 5.69 Å². The maximum Gasteiger partial charge on any atom is 0.332 e. The Balaban J connectivity index is 2.20. The van der Waals surface area contributed by atoms with Crippen molar-refractivity contribution < 1.29 is 4.79 Å². The number of amides is 2. The van der Waals surface area contributed by atoms with Crippen LogP contribution in [0.1, 0.15) is 44.2 Å². The number of carbonyl (C=O) groups is 1. The molecule has 0 aromatic heterocycles. The van der Waals surface area contributed by atoms with Crippen LogP contribution in [0.25, 0.3) is 0 Å². The first-order valence-electron chi connectivity index (χ1n) is 7.07. The van der Waals surface area contributed by atoms with Crippen molar-refractivity contribution in [2.24, 2.45) is 0 Å². The highest BCUT2D eigenvalue weighted by atomic mass is 32.1. The Morgan fingerprint density at radius 2 is 1.89 bits per heavy atom. The normalized spacial score (nSPS) is 14.9. The molecule has 1 aromatic carbocycles. The molecular formula is C15H22N2OS. The number of urea groups is 1. The first kappa shape index (κ1) is 14.3. The van der Waals surface area contributed by atoms with Crippen LogP contribution in [0, 0.1) is 0 Å². The molecule has 1 aromatic rings. The minimum atomic E-state index is -0.108. The van der Waals surface area contributed by atoms with Gasteiger partial charge in [0.1, 0.15) is 0 Å². The van der Waals surface area contributed by atoms with Crippen molar-refractivity contribution in [2.75, 3.05) is 4.31 Å². The highest BCUT2D eigenvalue weighted by molar-refractivity contribution is 7.82. The highest BCUT2D eigenvalue weighted by Gasteiger charge is 2.24. The van der Waals surface area contributed by atoms with Crippen LogP contribution in [0.15, 0.2) is 18.2 Å². The summed E-state index contributed by atoms with van der Waals surface area (Å²) < 4.78 is 1.48. The molecule has 0 aliphatic heterocycles. The Bertz CT molecular complexity index is 435. The Kier molecular flexibility index (Phi) is 4.75. The fourth-order valence-corrected chi connectivity index (χ4v) is 2.69. The SMILES string of the molecule is CCc1cccc(CC)c1N(S)C(=O)NC1CCC1. The molecule has 0 heterocycles. The van der Waals surface area contributed by atoms with Gasteiger partial charge in [0.15, 0.2) is 0 Å². The second-order valence-electron chi connectivity index (χ2n) is 5.02. The lowest BCUT2D eigenvalue weighted by Gasteiger charge is -2.29. The van der Waals surface area contributed by atoms with Gasteiger partial charge in [-0.05, 0) is 43.2 Å². The quantitative estimate of drug-likeness (QED) is 0.808. The second-order valence-corrected chi connectivity index (χ2v) is 5.42. The average Bonchev–Trinajstić information content (AvgIpc) is 2.40. The minimum absolute atomic E-state index is 0.108. The summed E-state index contributed by atoms with van der Waals surface area (Å²) in [5.74, 6) is 0. The summed E-state index contributed by atoms with van der Waals surface area (Å²) in [6.45, 7) is 4.20. The highest BCUT2D eigenvalue weighted by Crippen LogP contribution is 2.29. The molecule has 1 aliphatic carbocycles. The van der Waals surface area contributed by atoms with Crippen LogP contribution in [0.5, 0.6) is 0 Å². The van der Waals surface area contributed by atoms with Crippen molar-refractivity contribution in [1.29, 1.82) is 0 Å². The lowest BCUT2D eigenvalue weighted by molar-refractivity contribution is 0.237. The van der Waals surface area contributed by atoms with E-state index in [1.54, 1.807) is 0 Å². The Labute approximate surface area is 120 Å². The van der Waals surface area contributed by atoms with Crippen molar-refractivity contribution in [3.8, 4) is 0 Å². The summed E-state index contributed by atoms with van der Waals surface area (Å²) in [4.78, 5) is 12.2. The van der Waals surface area contributed by atoms with Gasteiger partial charge in [-0.25, -0.2) is 9.10 Å². The number of thiol groups is 1. The van der Waals surface area contributed by atoms with E-state index in [2.05, 4.69) is 44.1 Å². The maximum absolute atomic E-state index is 12.2. The van der Waals surface area contributed by atoms with Crippen LogP contribution < -0.4 is 9.62 Å². The lowest BCUT2D eigenvalue weighted by Crippen LogP contribution is -2.44. The molecule has 2 amide bonds. The summed E-state index contributed by atoms with van der Waals surface area (Å²) in [6.07, 6.45) is 5.18. The number of nitrogens with zero attached hydrogens (tertiary/aromatic N) is 1. The van der Waals surface area contributed by atoms with Gasteiger partial charge in [-0.3, -0.25) is 0 Å². The van der Waals surface area contributed by atoms with Crippen LogP contribution in [-0.4, -0.2) is 12.1 Å². The minimum Gasteiger partial charge on any atom is -0.334 e. The van der Waals surface area contributed by atoms with E-state index in [1.165, 1.54) is 10.7 Å². The predicted molar refractivity (Wildman–Crippen MR) is 82.8 cm³/mol. The van der Waals surface area contributed by atoms with Gasteiger partial charge in [0, 0.05) is 6.04 Å². The zero-order valence-corrected chi connectivity index (χ0v) is 12.5. The van der Waals surface area contributed by atoms with E-state index in [9.17, 15) is 4.79 Å². The molecule has 0 spiro atoms. The molecule has 0 atom stereocenters. The monoisotopic (exact) mass is 278 g/mol. The summed E-state index contributed by atoms with van der Waals surface area (Å²) in [5.41, 5.74) is 3.28. The molecule has 1 aliphatic rings. The van der Waals surface area contributed by atoms with Gasteiger partial charge >= 0.3 is 6.03 Å². The number of benzene rings is 1. The molecule has 1 fully saturated rings. The Morgan fingerprint density at radius 1 is 1.32 bits per heavy atom. The van der Waals surface area contributed by atoms with Crippen molar-refractivity contribution >= 4 is 24.5 Å². The van der Waals surface area contributed by atoms with Crippen LogP contribution in [0.2, 0.25) is 0 Å². The standard InChI is InChI=1S/C15H22N2OS/c1-3-11-7-5-8-12(4-2)14(11)17(19)15(18)16-13-9-6-10-13/h5,7-8,13,19H,3-4,6,9-10H2,1-2H3,(H,16,18). The largest absolute Gasteiger partial charge is 0.334 e. The first-order chi connectivity index (χ1) is 9.17. The lowest BCUT2D eigenvalue weighted by atomic mass is 9.93. The van der Waals surface area contributed by atoms with Crippen molar-refractivity contribution in [3.63, 3.8) is 0 Å². The Hall–Kier alpha value is -1.16. The van der Waals surface area contributed by atoms with Gasteiger partial charge < -0.3 is 5.32 Å². The number of aryl methyl sites for hydroxylation is 2. The zero-order chi connectivity index (χ0) is 13.8. The third-order valence-electron chi connectivity index (χ3n) is 3.80. The van der Waals surface area contributed by atoms with Crippen LogP contribution in [0.4, 0.5) is 10.5 Å². The third-order valence-corrected chi connectivity index (χ3v) is 4.18. The molecule has 0 saturated heterocycles. The van der Waals surface area contributed by atoms with Gasteiger partial charge in [-0.2, -0.15) is 0 Å². The fraction of sp³-hybridized carbons (Fsp3) is 0.533. The number of carbonyl (C=O) groups excluding carboxylic acids is 1. The number of hydrogen-bond donors (Lipinski definition) is 2. The summed E-state index contributed by atoms with van der Waals surface area (Å²) in [7, 11) is 0. The van der Waals surface area contributed by atoms with E-state index in [0.29, 0.717) is 6.04 Å². The van der Waals surface area contributed by atoms with E-state index in [0.717, 1.165) is 42.5 Å². The molecule has 4 heteroatoms. The third kappa shape index (κ3) is 3.06. The fourth-order valence-electron chi connectivity index (χ4n) is 2.38. The van der Waals surface area contributed by atoms with Gasteiger partial charge in [0.25, 0.3) is 0 Å². The summed E-state index contributed by atoms with van der Waals surface area (Å²) >= 11 is 4.42. The molecule has 3 nitrogen and oxygen atoms in total. The smallest absolute Gasteiger partial charge is 0.332 e. The number of hydrogen-bond acceptors (Lipinski definition) is 2. The van der Waals surface area contributed by atoms with Crippen LogP contribution in [0.3, 0.4) is 0 Å². The molecule has 1 N–H and O–H groups in total. The summed E-state index contributed by atoms with van der Waals surface area (Å²) in [6, 6.07) is 6.40. The van der Waals surface area contributed by atoms with Gasteiger partial charge in [0.2, 0.25) is 0 Å². The maximum atomic E-state index is 12.2. The topological polar surface area (TPSA) is 32.3 Å². The molecule has 0 unspecified atom stereocenters.